The molecule has 0 radical (unpaired) electrons. The number of benzene rings is 1. The number of rotatable bonds is 4. The number of carbonyl (C=O) groups is 2. The maximum absolute atomic E-state index is 11.7. The number of hydrogen-bond acceptors (Lipinski definition) is 6. The van der Waals surface area contributed by atoms with E-state index in [-0.39, 0.29) is 12.4 Å². The van der Waals surface area contributed by atoms with Gasteiger partial charge < -0.3 is 9.84 Å². The van der Waals surface area contributed by atoms with E-state index in [0.717, 1.165) is 0 Å². The van der Waals surface area contributed by atoms with Crippen LogP contribution in [0.15, 0.2) is 46.0 Å². The van der Waals surface area contributed by atoms with E-state index < -0.39 is 17.7 Å². The molecule has 2 amide bonds. The molecule has 21 heavy (non-hydrogen) atoms. The summed E-state index contributed by atoms with van der Waals surface area (Å²) in [5.74, 6) is -1.29. The number of alkyl carbamates (subject to hydrolysis) is 1. The fraction of sp³-hybridized carbons (Fsp3) is 0.231. The molecule has 1 aromatic rings. The number of amides is 2. The molecule has 0 fully saturated rings. The molecule has 0 saturated carbocycles. The lowest BCUT2D eigenvalue weighted by Crippen LogP contribution is -2.32. The summed E-state index contributed by atoms with van der Waals surface area (Å²) in [6.07, 6.45) is -0.928. The third-order valence-electron chi connectivity index (χ3n) is 2.14. The third kappa shape index (κ3) is 5.62. The number of halogens is 1. The lowest BCUT2D eigenvalue weighted by atomic mass is 10.3. The van der Waals surface area contributed by atoms with Crippen molar-refractivity contribution in [2.75, 3.05) is 6.61 Å². The predicted molar refractivity (Wildman–Crippen MR) is 76.5 cm³/mol. The number of ether oxygens (including phenoxy) is 1. The van der Waals surface area contributed by atoms with Crippen LogP contribution in [0.2, 0.25) is 5.02 Å². The molecular weight excluding hydrogens is 298 g/mol. The molecule has 0 aliphatic heterocycles. The summed E-state index contributed by atoms with van der Waals surface area (Å²) in [5, 5.41) is 19.3. The number of azo groups is 1. The van der Waals surface area contributed by atoms with Crippen LogP contribution in [0.1, 0.15) is 13.8 Å². The molecule has 8 heteroatoms. The first-order valence-corrected chi connectivity index (χ1v) is 6.37. The number of allylic oxidation sites excluding steroid dienone is 1. The van der Waals surface area contributed by atoms with Crippen molar-refractivity contribution in [3.8, 4) is 0 Å². The van der Waals surface area contributed by atoms with Crippen molar-refractivity contribution in [2.24, 2.45) is 10.2 Å². The fourth-order valence-corrected chi connectivity index (χ4v) is 1.34. The summed E-state index contributed by atoms with van der Waals surface area (Å²) in [6.45, 7) is 2.96. The van der Waals surface area contributed by atoms with Crippen LogP contribution in [-0.4, -0.2) is 23.7 Å². The van der Waals surface area contributed by atoms with Crippen LogP contribution in [0.4, 0.5) is 10.5 Å². The van der Waals surface area contributed by atoms with Gasteiger partial charge >= 0.3 is 6.09 Å². The molecule has 2 N–H and O–H groups in total. The summed E-state index contributed by atoms with van der Waals surface area (Å²) >= 11 is 5.73. The lowest BCUT2D eigenvalue weighted by Gasteiger charge is -2.04. The molecule has 0 heterocycles. The van der Waals surface area contributed by atoms with Gasteiger partial charge in [-0.3, -0.25) is 10.1 Å². The summed E-state index contributed by atoms with van der Waals surface area (Å²) in [5.41, 5.74) is 0.0417. The zero-order chi connectivity index (χ0) is 15.8. The Balaban J connectivity index is 2.84. The monoisotopic (exact) mass is 311 g/mol. The van der Waals surface area contributed by atoms with Crippen LogP contribution < -0.4 is 5.32 Å². The Hall–Kier alpha value is -2.41. The average Bonchev–Trinajstić information content (AvgIpc) is 2.40. The molecule has 0 bridgehead atoms. The smallest absolute Gasteiger partial charge is 0.414 e. The zero-order valence-electron chi connectivity index (χ0n) is 11.5. The lowest BCUT2D eigenvalue weighted by molar-refractivity contribution is -0.117. The van der Waals surface area contributed by atoms with Crippen LogP contribution in [-0.2, 0) is 9.53 Å². The molecule has 0 atom stereocenters. The topological polar surface area (TPSA) is 100 Å². The average molecular weight is 312 g/mol. The van der Waals surface area contributed by atoms with Gasteiger partial charge in [0.1, 0.15) is 5.76 Å². The Kier molecular flexibility index (Phi) is 6.35. The highest BCUT2D eigenvalue weighted by molar-refractivity contribution is 6.30. The second-order valence-electron chi connectivity index (χ2n) is 3.79. The van der Waals surface area contributed by atoms with Gasteiger partial charge in [0.25, 0.3) is 5.91 Å². The van der Waals surface area contributed by atoms with Gasteiger partial charge in [0.2, 0.25) is 0 Å². The van der Waals surface area contributed by atoms with Gasteiger partial charge in [0.15, 0.2) is 5.70 Å². The Bertz CT molecular complexity index is 578. The minimum Gasteiger partial charge on any atom is -0.510 e. The van der Waals surface area contributed by atoms with E-state index >= 15 is 0 Å². The van der Waals surface area contributed by atoms with Crippen molar-refractivity contribution in [1.82, 2.24) is 5.32 Å². The summed E-state index contributed by atoms with van der Waals surface area (Å²) in [6, 6.07) is 6.37. The van der Waals surface area contributed by atoms with E-state index in [1.54, 1.807) is 31.2 Å². The molecule has 0 aliphatic rings. The Labute approximate surface area is 126 Å². The predicted octanol–water partition coefficient (Wildman–Crippen LogP) is 3.49. The van der Waals surface area contributed by atoms with Crippen LogP contribution in [0.3, 0.4) is 0 Å². The number of aliphatic hydroxyl groups excluding tert-OH is 1. The van der Waals surface area contributed by atoms with Gasteiger partial charge in [-0.15, -0.1) is 5.11 Å². The first-order chi connectivity index (χ1) is 9.93. The first kappa shape index (κ1) is 16.6. The molecule has 1 aromatic carbocycles. The molecule has 0 saturated heterocycles. The summed E-state index contributed by atoms with van der Waals surface area (Å²) in [4.78, 5) is 22.9. The van der Waals surface area contributed by atoms with Gasteiger partial charge in [-0.1, -0.05) is 11.6 Å². The quantitative estimate of drug-likeness (QED) is 0.505. The number of carbonyl (C=O) groups excluding carboxylic acids is 2. The normalized spacial score (nSPS) is 12.0. The molecule has 0 spiro atoms. The highest BCUT2D eigenvalue weighted by Crippen LogP contribution is 2.18. The summed E-state index contributed by atoms with van der Waals surface area (Å²) < 4.78 is 4.56. The highest BCUT2D eigenvalue weighted by atomic mass is 35.5. The molecule has 0 aliphatic carbocycles. The van der Waals surface area contributed by atoms with E-state index in [1.807, 2.05) is 5.32 Å². The summed E-state index contributed by atoms with van der Waals surface area (Å²) in [7, 11) is 0. The molecule has 1 rings (SSSR count). The Morgan fingerprint density at radius 3 is 2.48 bits per heavy atom. The van der Waals surface area contributed by atoms with Gasteiger partial charge in [-0.25, -0.2) is 4.79 Å². The minimum atomic E-state index is -0.928. The van der Waals surface area contributed by atoms with E-state index in [4.69, 9.17) is 11.6 Å². The first-order valence-electron chi connectivity index (χ1n) is 5.99. The van der Waals surface area contributed by atoms with E-state index in [2.05, 4.69) is 15.0 Å². The fourth-order valence-electron chi connectivity index (χ4n) is 1.22. The van der Waals surface area contributed by atoms with Crippen molar-refractivity contribution in [2.45, 2.75) is 13.8 Å². The van der Waals surface area contributed by atoms with Crippen molar-refractivity contribution in [3.63, 3.8) is 0 Å². The molecular formula is C13H14ClN3O4. The van der Waals surface area contributed by atoms with Gasteiger partial charge in [-0.2, -0.15) is 5.11 Å². The number of nitrogens with one attached hydrogen (secondary N) is 1. The van der Waals surface area contributed by atoms with Crippen LogP contribution in [0.25, 0.3) is 0 Å². The standard InChI is InChI=1S/C13H14ClN3O4/c1-3-21-13(20)15-12(19)11(8(2)18)17-16-10-6-4-9(14)5-7-10/h4-7,18H,3H2,1-2H3,(H,15,19,20). The molecule has 7 nitrogen and oxygen atoms in total. The Morgan fingerprint density at radius 2 is 1.95 bits per heavy atom. The number of aliphatic hydroxyl groups is 1. The van der Waals surface area contributed by atoms with Crippen LogP contribution >= 0.6 is 11.6 Å². The largest absolute Gasteiger partial charge is 0.510 e. The number of imide groups is 1. The van der Waals surface area contributed by atoms with E-state index in [1.165, 1.54) is 6.92 Å². The van der Waals surface area contributed by atoms with Gasteiger partial charge in [-0.05, 0) is 38.1 Å². The third-order valence-corrected chi connectivity index (χ3v) is 2.39. The molecule has 0 unspecified atom stereocenters. The number of nitrogens with zero attached hydrogens (tertiary/aromatic N) is 2. The van der Waals surface area contributed by atoms with Crippen molar-refractivity contribution < 1.29 is 19.4 Å². The second kappa shape index (κ2) is 8.01. The molecule has 0 aromatic heterocycles. The Morgan fingerprint density at radius 1 is 1.33 bits per heavy atom. The molecule has 112 valence electrons. The van der Waals surface area contributed by atoms with Crippen LogP contribution in [0.5, 0.6) is 0 Å². The van der Waals surface area contributed by atoms with Crippen molar-refractivity contribution >= 4 is 29.3 Å². The number of hydrogen-bond donors (Lipinski definition) is 2. The van der Waals surface area contributed by atoms with Gasteiger partial charge in [0.05, 0.1) is 12.3 Å². The zero-order valence-corrected chi connectivity index (χ0v) is 12.2. The van der Waals surface area contributed by atoms with Crippen molar-refractivity contribution in [3.05, 3.63) is 40.7 Å². The highest BCUT2D eigenvalue weighted by Gasteiger charge is 2.16. The SMILES string of the molecule is CCOC(=O)NC(=O)C(N=Nc1ccc(Cl)cc1)=C(C)O. The van der Waals surface area contributed by atoms with Gasteiger partial charge in [0, 0.05) is 5.02 Å². The maximum atomic E-state index is 11.7. The van der Waals surface area contributed by atoms with E-state index in [9.17, 15) is 14.7 Å². The van der Waals surface area contributed by atoms with Crippen molar-refractivity contribution in [1.29, 1.82) is 0 Å². The maximum Gasteiger partial charge on any atom is 0.414 e. The second-order valence-corrected chi connectivity index (χ2v) is 4.22. The van der Waals surface area contributed by atoms with E-state index in [0.29, 0.717) is 10.7 Å². The minimum absolute atomic E-state index is 0.114. The van der Waals surface area contributed by atoms with Crippen LogP contribution in [0, 0.1) is 0 Å².